The summed E-state index contributed by atoms with van der Waals surface area (Å²) in [7, 11) is 3.52. The highest BCUT2D eigenvalue weighted by atomic mass is 32.2. The number of nitrogens with zero attached hydrogens (tertiary/aromatic N) is 5. The quantitative estimate of drug-likeness (QED) is 0.423. The first-order chi connectivity index (χ1) is 20.6. The van der Waals surface area contributed by atoms with Gasteiger partial charge in [-0.2, -0.15) is 10.1 Å². The van der Waals surface area contributed by atoms with Crippen LogP contribution < -0.4 is 29.4 Å². The van der Waals surface area contributed by atoms with E-state index < -0.39 is 5.97 Å². The predicted octanol–water partition coefficient (Wildman–Crippen LogP) is 3.87. The van der Waals surface area contributed by atoms with Gasteiger partial charge in [-0.25, -0.2) is 4.79 Å². The number of hydrazone groups is 1. The highest BCUT2D eigenvalue weighted by molar-refractivity contribution is 8.08. The number of methoxy groups -OCH3 is 1. The Kier molecular flexibility index (Phi) is 10.2. The summed E-state index contributed by atoms with van der Waals surface area (Å²) in [6.45, 7) is 14.1. The van der Waals surface area contributed by atoms with Crippen LogP contribution in [0, 0.1) is 0 Å². The van der Waals surface area contributed by atoms with Crippen LogP contribution >= 0.6 is 23.1 Å². The van der Waals surface area contributed by atoms with Crippen molar-refractivity contribution < 1.29 is 19.4 Å². The number of carboxylic acids is 1. The molecule has 0 unspecified atom stereocenters. The number of amides is 1. The average Bonchev–Trinajstić information content (AvgIpc) is 3.62. The van der Waals surface area contributed by atoms with Crippen molar-refractivity contribution >= 4 is 62.7 Å². The number of thioether (sulfide) groups is 1. The van der Waals surface area contributed by atoms with Crippen molar-refractivity contribution in [1.29, 1.82) is 0 Å². The number of carboxylic acid groups (broad SMARTS) is 1. The van der Waals surface area contributed by atoms with E-state index in [2.05, 4.69) is 30.8 Å². The van der Waals surface area contributed by atoms with E-state index in [0.717, 1.165) is 21.4 Å². The lowest BCUT2D eigenvalue weighted by molar-refractivity contribution is -0.112. The average molecular weight is 624 g/mol. The molecule has 0 atom stereocenters. The summed E-state index contributed by atoms with van der Waals surface area (Å²) >= 11 is 2.79. The highest BCUT2D eigenvalue weighted by Gasteiger charge is 2.32. The molecular weight excluding hydrogens is 587 g/mol. The molecule has 3 aromatic rings. The van der Waals surface area contributed by atoms with Crippen molar-refractivity contribution in [2.45, 2.75) is 46.1 Å². The van der Waals surface area contributed by atoms with Gasteiger partial charge in [-0.3, -0.25) is 14.2 Å². The molecular formula is C31H37N5O5S2. The second kappa shape index (κ2) is 13.6. The highest BCUT2D eigenvalue weighted by Crippen LogP contribution is 2.46. The Bertz CT molecular complexity index is 1730. The molecule has 2 aromatic carbocycles. The number of anilines is 2. The summed E-state index contributed by atoms with van der Waals surface area (Å²) in [4.78, 5) is 43.5. The molecule has 0 spiro atoms. The summed E-state index contributed by atoms with van der Waals surface area (Å²) in [5.74, 6) is -0.682. The standard InChI is InChI=1S/C25H22N4O5S2.C6H15N/c1-5-28-22(31)20(24-27(3)17-12-16(34-4)10-11-18(17)35-24)36-23(28)19-13(2)26-29(21(19)30)15-8-6-14(7-9-15)25(32)33;1-4-7(5-2)6-3/h6-12H,5H2,1-4H3,(H,32,33);4-6H2,1-3H3/b23-19+,24-20-;. The molecule has 228 valence electrons. The molecule has 43 heavy (non-hydrogen) atoms. The van der Waals surface area contributed by atoms with Gasteiger partial charge < -0.3 is 19.6 Å². The maximum Gasteiger partial charge on any atom is 0.335 e. The first-order valence-corrected chi connectivity index (χ1v) is 15.8. The van der Waals surface area contributed by atoms with E-state index in [-0.39, 0.29) is 17.0 Å². The molecule has 0 fully saturated rings. The van der Waals surface area contributed by atoms with Crippen LogP contribution in [0.1, 0.15) is 45.0 Å². The number of carbonyl (C=O) groups is 2. The lowest BCUT2D eigenvalue weighted by atomic mass is 10.2. The fourth-order valence-electron chi connectivity index (χ4n) is 4.82. The lowest BCUT2D eigenvalue weighted by Crippen LogP contribution is -2.35. The van der Waals surface area contributed by atoms with Crippen LogP contribution in [0.15, 0.2) is 57.3 Å². The Morgan fingerprint density at radius 3 is 2.21 bits per heavy atom. The van der Waals surface area contributed by atoms with Crippen molar-refractivity contribution in [2.75, 3.05) is 43.7 Å². The first-order valence-electron chi connectivity index (χ1n) is 14.1. The van der Waals surface area contributed by atoms with E-state index in [4.69, 9.17) is 9.84 Å². The van der Waals surface area contributed by atoms with Gasteiger partial charge in [-0.05, 0) is 69.9 Å². The molecule has 10 nitrogen and oxygen atoms in total. The summed E-state index contributed by atoms with van der Waals surface area (Å²) in [6, 6.07) is 11.7. The van der Waals surface area contributed by atoms with Gasteiger partial charge in [0.1, 0.15) is 20.0 Å². The molecule has 0 aliphatic carbocycles. The number of fused-ring (bicyclic) bond motifs is 1. The van der Waals surface area contributed by atoms with Crippen molar-refractivity contribution in [2.24, 2.45) is 5.10 Å². The molecule has 0 bridgehead atoms. The zero-order chi connectivity index (χ0) is 31.4. The maximum absolute atomic E-state index is 13.5. The monoisotopic (exact) mass is 623 g/mol. The van der Waals surface area contributed by atoms with E-state index >= 15 is 0 Å². The number of carbonyl (C=O) groups excluding carboxylic acids is 1. The molecule has 1 aromatic heterocycles. The first kappa shape index (κ1) is 32.1. The van der Waals surface area contributed by atoms with Gasteiger partial charge in [-0.15, -0.1) is 11.3 Å². The van der Waals surface area contributed by atoms with Crippen LogP contribution in [0.3, 0.4) is 0 Å². The summed E-state index contributed by atoms with van der Waals surface area (Å²) in [6.07, 6.45) is 0. The molecule has 1 amide bonds. The second-order valence-corrected chi connectivity index (χ2v) is 11.8. The minimum absolute atomic E-state index is 0.117. The van der Waals surface area contributed by atoms with Gasteiger partial charge in [0.2, 0.25) is 0 Å². The molecule has 2 aliphatic rings. The van der Waals surface area contributed by atoms with Gasteiger partial charge in [-0.1, -0.05) is 32.5 Å². The molecule has 1 N–H and O–H groups in total. The van der Waals surface area contributed by atoms with Gasteiger partial charge in [0, 0.05) is 24.6 Å². The topological polar surface area (TPSA) is 108 Å². The van der Waals surface area contributed by atoms with Crippen LogP contribution in [0.2, 0.25) is 0 Å². The Morgan fingerprint density at radius 2 is 1.67 bits per heavy atom. The third kappa shape index (κ3) is 6.27. The van der Waals surface area contributed by atoms with E-state index in [9.17, 15) is 14.4 Å². The smallest absolute Gasteiger partial charge is 0.335 e. The third-order valence-electron chi connectivity index (χ3n) is 7.36. The number of rotatable bonds is 7. The van der Waals surface area contributed by atoms with E-state index in [1.165, 1.54) is 59.9 Å². The molecule has 3 heterocycles. The number of aromatic carboxylic acids is 1. The fourth-order valence-corrected chi connectivity index (χ4v) is 7.40. The van der Waals surface area contributed by atoms with Crippen molar-refractivity contribution in [3.63, 3.8) is 0 Å². The zero-order valence-corrected chi connectivity index (χ0v) is 27.1. The summed E-state index contributed by atoms with van der Waals surface area (Å²) in [5, 5.41) is 15.6. The maximum atomic E-state index is 13.5. The molecule has 5 rings (SSSR count). The zero-order valence-electron chi connectivity index (χ0n) is 25.5. The Labute approximate surface area is 259 Å². The van der Waals surface area contributed by atoms with Crippen LogP contribution in [0.25, 0.3) is 10.6 Å². The Balaban J connectivity index is 0.000000541. The van der Waals surface area contributed by atoms with E-state index in [0.29, 0.717) is 32.7 Å². The minimum Gasteiger partial charge on any atom is -0.497 e. The Morgan fingerprint density at radius 1 is 1.02 bits per heavy atom. The molecule has 0 saturated carbocycles. The molecule has 0 saturated heterocycles. The van der Waals surface area contributed by atoms with Crippen LogP contribution in [0.5, 0.6) is 5.75 Å². The number of thiazole rings is 1. The number of ether oxygens (including phenoxy) is 1. The van der Waals surface area contributed by atoms with Gasteiger partial charge >= 0.3 is 5.97 Å². The summed E-state index contributed by atoms with van der Waals surface area (Å²) in [5.41, 5.74) is 2.20. The SMILES string of the molecule is CCN(CC)CC.CCn1c(=O)/c(=C2/Sc3ccc(OC)cc3N2C)s/c1=C1/C(=O)N(c2ccc(C(=O)O)cc2)N=C1C. The van der Waals surface area contributed by atoms with Gasteiger partial charge in [0.15, 0.2) is 0 Å². The van der Waals surface area contributed by atoms with Crippen molar-refractivity contribution in [1.82, 2.24) is 9.47 Å². The third-order valence-corrected chi connectivity index (χ3v) is 9.92. The van der Waals surface area contributed by atoms with Crippen molar-refractivity contribution in [3.05, 3.63) is 67.6 Å². The van der Waals surface area contributed by atoms with Gasteiger partial charge in [0.05, 0.1) is 35.3 Å². The van der Waals surface area contributed by atoms with E-state index in [1.54, 1.807) is 30.7 Å². The van der Waals surface area contributed by atoms with Crippen LogP contribution in [0.4, 0.5) is 11.4 Å². The molecule has 2 aliphatic heterocycles. The molecule has 12 heteroatoms. The number of hydrogen-bond acceptors (Lipinski definition) is 9. The lowest BCUT2D eigenvalue weighted by Gasteiger charge is -2.13. The second-order valence-electron chi connectivity index (χ2n) is 9.73. The Hall–Kier alpha value is -3.87. The molecule has 0 radical (unpaired) electrons. The summed E-state index contributed by atoms with van der Waals surface area (Å²) < 4.78 is 8.05. The minimum atomic E-state index is -1.05. The van der Waals surface area contributed by atoms with Crippen LogP contribution in [-0.2, 0) is 11.3 Å². The number of hydrogen-bond donors (Lipinski definition) is 1. The fraction of sp³-hybridized carbons (Fsp3) is 0.355. The number of benzene rings is 2. The predicted molar refractivity (Wildman–Crippen MR) is 175 cm³/mol. The largest absolute Gasteiger partial charge is 0.497 e. The normalized spacial score (nSPS) is 16.7. The van der Waals surface area contributed by atoms with Crippen LogP contribution in [-0.4, -0.2) is 66.0 Å². The number of aromatic nitrogens is 1. The van der Waals surface area contributed by atoms with Gasteiger partial charge in [0.25, 0.3) is 11.5 Å². The van der Waals surface area contributed by atoms with E-state index in [1.807, 2.05) is 37.1 Å². The van der Waals surface area contributed by atoms with Crippen molar-refractivity contribution in [3.8, 4) is 5.75 Å².